The second-order valence-corrected chi connectivity index (χ2v) is 6.73. The van der Waals surface area contributed by atoms with Gasteiger partial charge in [-0.3, -0.25) is 0 Å². The van der Waals surface area contributed by atoms with E-state index in [4.69, 9.17) is 23.2 Å². The van der Waals surface area contributed by atoms with Crippen LogP contribution in [0.3, 0.4) is 0 Å². The molecule has 126 valence electrons. The van der Waals surface area contributed by atoms with E-state index < -0.39 is 0 Å². The molecule has 0 aliphatic rings. The molecule has 24 heavy (non-hydrogen) atoms. The summed E-state index contributed by atoms with van der Waals surface area (Å²) in [6, 6.07) is 9.43. The Morgan fingerprint density at radius 3 is 2.71 bits per heavy atom. The van der Waals surface area contributed by atoms with Crippen LogP contribution in [0.15, 0.2) is 36.5 Å². The van der Waals surface area contributed by atoms with Gasteiger partial charge in [-0.15, -0.1) is 0 Å². The number of anilines is 1. The van der Waals surface area contributed by atoms with Crippen molar-refractivity contribution < 1.29 is 0 Å². The third kappa shape index (κ3) is 4.60. The predicted octanol–water partition coefficient (Wildman–Crippen LogP) is 4.10. The normalized spacial score (nSPS) is 12.5. The van der Waals surface area contributed by atoms with Gasteiger partial charge in [-0.1, -0.05) is 30.1 Å². The molecule has 0 spiro atoms. The van der Waals surface area contributed by atoms with E-state index in [9.17, 15) is 0 Å². The molecule has 2 aromatic heterocycles. The molecule has 0 bridgehead atoms. The maximum absolute atomic E-state index is 6.00. The van der Waals surface area contributed by atoms with Gasteiger partial charge < -0.3 is 15.6 Å². The SMILES string of the molecule is C[C@@H](CNCc1cc(Cl)cc(Cl)c1)CNc1nc2ncccc2[nH]1. The molecule has 0 aliphatic heterocycles. The number of benzene rings is 1. The van der Waals surface area contributed by atoms with Crippen LogP contribution in [0.1, 0.15) is 12.5 Å². The molecule has 0 radical (unpaired) electrons. The first-order valence-electron chi connectivity index (χ1n) is 7.80. The third-order valence-corrected chi connectivity index (χ3v) is 4.06. The average molecular weight is 364 g/mol. The van der Waals surface area contributed by atoms with Gasteiger partial charge in [0, 0.05) is 29.3 Å². The molecule has 1 atom stereocenters. The quantitative estimate of drug-likeness (QED) is 0.591. The van der Waals surface area contributed by atoms with E-state index in [2.05, 4.69) is 32.5 Å². The number of imidazole rings is 1. The Morgan fingerprint density at radius 2 is 1.96 bits per heavy atom. The maximum Gasteiger partial charge on any atom is 0.202 e. The molecule has 3 rings (SSSR count). The van der Waals surface area contributed by atoms with Gasteiger partial charge in [-0.25, -0.2) is 4.98 Å². The summed E-state index contributed by atoms with van der Waals surface area (Å²) in [5.41, 5.74) is 2.74. The third-order valence-electron chi connectivity index (χ3n) is 3.62. The number of aromatic amines is 1. The monoisotopic (exact) mass is 363 g/mol. The van der Waals surface area contributed by atoms with E-state index in [0.717, 1.165) is 42.3 Å². The fraction of sp³-hybridized carbons (Fsp3) is 0.294. The van der Waals surface area contributed by atoms with Gasteiger partial charge in [0.2, 0.25) is 5.95 Å². The van der Waals surface area contributed by atoms with Gasteiger partial charge in [0.15, 0.2) is 5.65 Å². The standard InChI is InChI=1S/C17H19Cl2N5/c1-11(8-20-10-12-5-13(18)7-14(19)6-12)9-22-17-23-15-3-2-4-21-16(15)24-17/h2-7,11,20H,8-10H2,1H3,(H2,21,22,23,24)/t11-/m0/s1. The Hall–Kier alpha value is -1.82. The maximum atomic E-state index is 6.00. The number of halogens is 2. The van der Waals surface area contributed by atoms with Crippen molar-refractivity contribution in [1.82, 2.24) is 20.3 Å². The van der Waals surface area contributed by atoms with Gasteiger partial charge in [0.1, 0.15) is 0 Å². The van der Waals surface area contributed by atoms with Crippen LogP contribution in [-0.4, -0.2) is 28.0 Å². The molecule has 0 saturated carbocycles. The average Bonchev–Trinajstić information content (AvgIpc) is 2.95. The number of H-pyrrole nitrogens is 1. The molecule has 1 aromatic carbocycles. The van der Waals surface area contributed by atoms with E-state index in [-0.39, 0.29) is 0 Å². The molecular weight excluding hydrogens is 345 g/mol. The summed E-state index contributed by atoms with van der Waals surface area (Å²) in [6.45, 7) is 4.59. The first-order valence-corrected chi connectivity index (χ1v) is 8.56. The number of nitrogens with zero attached hydrogens (tertiary/aromatic N) is 2. The summed E-state index contributed by atoms with van der Waals surface area (Å²) < 4.78 is 0. The number of hydrogen-bond acceptors (Lipinski definition) is 4. The summed E-state index contributed by atoms with van der Waals surface area (Å²) in [6.07, 6.45) is 1.74. The highest BCUT2D eigenvalue weighted by Gasteiger charge is 2.06. The van der Waals surface area contributed by atoms with Gasteiger partial charge in [-0.05, 0) is 48.4 Å². The summed E-state index contributed by atoms with van der Waals surface area (Å²) in [4.78, 5) is 11.8. The highest BCUT2D eigenvalue weighted by Crippen LogP contribution is 2.19. The molecule has 0 fully saturated rings. The molecule has 0 amide bonds. The van der Waals surface area contributed by atoms with Crippen molar-refractivity contribution in [3.05, 3.63) is 52.1 Å². The number of pyridine rings is 1. The minimum Gasteiger partial charge on any atom is -0.355 e. The lowest BCUT2D eigenvalue weighted by molar-refractivity contribution is 0.532. The number of rotatable bonds is 7. The Balaban J connectivity index is 1.44. The summed E-state index contributed by atoms with van der Waals surface area (Å²) in [7, 11) is 0. The van der Waals surface area contributed by atoms with Crippen LogP contribution in [0.2, 0.25) is 10.0 Å². The fourth-order valence-corrected chi connectivity index (χ4v) is 3.02. The van der Waals surface area contributed by atoms with Crippen LogP contribution in [0.4, 0.5) is 5.95 Å². The Labute approximate surface area is 150 Å². The first kappa shape index (κ1) is 17.0. The van der Waals surface area contributed by atoms with E-state index in [0.29, 0.717) is 16.0 Å². The number of fused-ring (bicyclic) bond motifs is 1. The molecule has 2 heterocycles. The first-order chi connectivity index (χ1) is 11.6. The van der Waals surface area contributed by atoms with Crippen molar-refractivity contribution in [3.63, 3.8) is 0 Å². The highest BCUT2D eigenvalue weighted by molar-refractivity contribution is 6.34. The lowest BCUT2D eigenvalue weighted by Gasteiger charge is -2.13. The zero-order chi connectivity index (χ0) is 16.9. The molecule has 5 nitrogen and oxygen atoms in total. The van der Waals surface area contributed by atoms with Crippen LogP contribution in [-0.2, 0) is 6.54 Å². The number of aromatic nitrogens is 3. The smallest absolute Gasteiger partial charge is 0.202 e. The summed E-state index contributed by atoms with van der Waals surface area (Å²) >= 11 is 12.0. The van der Waals surface area contributed by atoms with Crippen LogP contribution < -0.4 is 10.6 Å². The number of nitrogens with one attached hydrogen (secondary N) is 3. The summed E-state index contributed by atoms with van der Waals surface area (Å²) in [5.74, 6) is 1.18. The predicted molar refractivity (Wildman–Crippen MR) is 99.7 cm³/mol. The molecular formula is C17H19Cl2N5. The molecule has 0 unspecified atom stereocenters. The van der Waals surface area contributed by atoms with E-state index >= 15 is 0 Å². The highest BCUT2D eigenvalue weighted by atomic mass is 35.5. The molecule has 0 saturated heterocycles. The van der Waals surface area contributed by atoms with Crippen LogP contribution in [0.5, 0.6) is 0 Å². The van der Waals surface area contributed by atoms with Gasteiger partial charge in [-0.2, -0.15) is 4.98 Å². The van der Waals surface area contributed by atoms with Crippen molar-refractivity contribution in [3.8, 4) is 0 Å². The number of hydrogen-bond donors (Lipinski definition) is 3. The van der Waals surface area contributed by atoms with Crippen molar-refractivity contribution in [2.45, 2.75) is 13.5 Å². The Bertz CT molecular complexity index is 764. The van der Waals surface area contributed by atoms with Crippen molar-refractivity contribution in [2.24, 2.45) is 5.92 Å². The van der Waals surface area contributed by atoms with Crippen LogP contribution in [0, 0.1) is 5.92 Å². The van der Waals surface area contributed by atoms with Crippen LogP contribution in [0.25, 0.3) is 11.2 Å². The minimum atomic E-state index is 0.431. The van der Waals surface area contributed by atoms with Gasteiger partial charge >= 0.3 is 0 Å². The molecule has 3 N–H and O–H groups in total. The molecule has 0 aliphatic carbocycles. The van der Waals surface area contributed by atoms with Crippen molar-refractivity contribution in [2.75, 3.05) is 18.4 Å². The second kappa shape index (κ2) is 7.83. The zero-order valence-electron chi connectivity index (χ0n) is 13.3. The lowest BCUT2D eigenvalue weighted by atomic mass is 10.1. The molecule has 3 aromatic rings. The zero-order valence-corrected chi connectivity index (χ0v) is 14.8. The van der Waals surface area contributed by atoms with Crippen molar-refractivity contribution in [1.29, 1.82) is 0 Å². The lowest BCUT2D eigenvalue weighted by Crippen LogP contribution is -2.25. The summed E-state index contributed by atoms with van der Waals surface area (Å²) in [5, 5.41) is 8.05. The Morgan fingerprint density at radius 1 is 1.17 bits per heavy atom. The van der Waals surface area contributed by atoms with E-state index in [1.165, 1.54) is 0 Å². The fourth-order valence-electron chi connectivity index (χ4n) is 2.45. The largest absolute Gasteiger partial charge is 0.355 e. The minimum absolute atomic E-state index is 0.431. The van der Waals surface area contributed by atoms with Crippen molar-refractivity contribution >= 4 is 40.3 Å². The topological polar surface area (TPSA) is 65.6 Å². The van der Waals surface area contributed by atoms with Gasteiger partial charge in [0.05, 0.1) is 5.52 Å². The van der Waals surface area contributed by atoms with Gasteiger partial charge in [0.25, 0.3) is 0 Å². The Kier molecular flexibility index (Phi) is 5.56. The van der Waals surface area contributed by atoms with E-state index in [1.54, 1.807) is 12.3 Å². The molecule has 7 heteroatoms. The van der Waals surface area contributed by atoms with Crippen LogP contribution >= 0.6 is 23.2 Å². The van der Waals surface area contributed by atoms with E-state index in [1.807, 2.05) is 24.3 Å². The second-order valence-electron chi connectivity index (χ2n) is 5.85.